The van der Waals surface area contributed by atoms with E-state index in [1.54, 1.807) is 0 Å². The van der Waals surface area contributed by atoms with Crippen molar-refractivity contribution >= 4 is 37.8 Å². The number of hydrogen-bond acceptors (Lipinski definition) is 2. The molecule has 0 aromatic heterocycles. The summed E-state index contributed by atoms with van der Waals surface area (Å²) < 4.78 is 6.16. The highest BCUT2D eigenvalue weighted by Gasteiger charge is 2.25. The minimum Gasteiger partial charge on any atom is -0.448 e. The number of carbonyl (C=O) groups excluding carboxylic acids is 1. The Hall–Kier alpha value is -0.0900. The standard InChI is InChI=1S/C6H4Br2O2/c1-3(7)6-4(8)2-5(9)10-6/h2,6H,1H2. The molecule has 1 aliphatic rings. The Morgan fingerprint density at radius 1 is 1.80 bits per heavy atom. The van der Waals surface area contributed by atoms with Crippen molar-refractivity contribution in [1.82, 2.24) is 0 Å². The Kier molecular flexibility index (Phi) is 2.31. The second kappa shape index (κ2) is 2.88. The van der Waals surface area contributed by atoms with Gasteiger partial charge in [0.2, 0.25) is 0 Å². The van der Waals surface area contributed by atoms with Crippen LogP contribution in [0.15, 0.2) is 21.6 Å². The molecular weight excluding hydrogens is 264 g/mol. The molecule has 0 saturated carbocycles. The number of esters is 1. The highest BCUT2D eigenvalue weighted by atomic mass is 79.9. The molecule has 4 heteroatoms. The van der Waals surface area contributed by atoms with Crippen molar-refractivity contribution < 1.29 is 9.53 Å². The van der Waals surface area contributed by atoms with Crippen LogP contribution < -0.4 is 0 Å². The molecular formula is C6H4Br2O2. The van der Waals surface area contributed by atoms with Gasteiger partial charge in [-0.3, -0.25) is 0 Å². The van der Waals surface area contributed by atoms with Crippen molar-refractivity contribution in [1.29, 1.82) is 0 Å². The van der Waals surface area contributed by atoms with Gasteiger partial charge in [-0.15, -0.1) is 0 Å². The van der Waals surface area contributed by atoms with E-state index in [-0.39, 0.29) is 12.1 Å². The van der Waals surface area contributed by atoms with E-state index in [2.05, 4.69) is 38.4 Å². The average Bonchev–Trinajstić information content (AvgIpc) is 2.10. The third kappa shape index (κ3) is 1.49. The van der Waals surface area contributed by atoms with Crippen molar-refractivity contribution in [2.45, 2.75) is 6.10 Å². The van der Waals surface area contributed by atoms with Gasteiger partial charge in [-0.1, -0.05) is 38.4 Å². The summed E-state index contributed by atoms with van der Waals surface area (Å²) in [5.74, 6) is -0.336. The zero-order valence-electron chi connectivity index (χ0n) is 4.93. The Balaban J connectivity index is 2.78. The van der Waals surface area contributed by atoms with Gasteiger partial charge in [0.25, 0.3) is 0 Å². The van der Waals surface area contributed by atoms with Crippen molar-refractivity contribution in [2.24, 2.45) is 0 Å². The van der Waals surface area contributed by atoms with E-state index in [1.165, 1.54) is 6.08 Å². The lowest BCUT2D eigenvalue weighted by Gasteiger charge is -2.07. The van der Waals surface area contributed by atoms with Crippen LogP contribution in [-0.2, 0) is 9.53 Å². The lowest BCUT2D eigenvalue weighted by molar-refractivity contribution is -0.137. The van der Waals surface area contributed by atoms with E-state index in [0.29, 0.717) is 8.96 Å². The van der Waals surface area contributed by atoms with Crippen molar-refractivity contribution in [3.8, 4) is 0 Å². The molecule has 1 unspecified atom stereocenters. The predicted molar refractivity (Wildman–Crippen MR) is 45.0 cm³/mol. The Labute approximate surface area is 75.2 Å². The summed E-state index contributed by atoms with van der Waals surface area (Å²) in [6.07, 6.45) is 1.05. The first-order valence-corrected chi connectivity index (χ1v) is 4.12. The summed E-state index contributed by atoms with van der Waals surface area (Å²) in [6.45, 7) is 3.59. The molecule has 1 atom stereocenters. The molecule has 0 fully saturated rings. The molecule has 0 radical (unpaired) electrons. The molecule has 0 aromatic rings. The fourth-order valence-corrected chi connectivity index (χ4v) is 1.81. The molecule has 1 heterocycles. The van der Waals surface area contributed by atoms with Gasteiger partial charge in [-0.2, -0.15) is 0 Å². The minimum atomic E-state index is -0.340. The zero-order chi connectivity index (χ0) is 7.72. The third-order valence-corrected chi connectivity index (χ3v) is 2.09. The van der Waals surface area contributed by atoms with E-state index in [4.69, 9.17) is 4.74 Å². The highest BCUT2D eigenvalue weighted by molar-refractivity contribution is 9.12. The van der Waals surface area contributed by atoms with Gasteiger partial charge < -0.3 is 4.74 Å². The minimum absolute atomic E-state index is 0.336. The predicted octanol–water partition coefficient (Wildman–Crippen LogP) is 2.10. The quantitative estimate of drug-likeness (QED) is 0.680. The fraction of sp³-hybridized carbons (Fsp3) is 0.167. The van der Waals surface area contributed by atoms with Gasteiger partial charge >= 0.3 is 5.97 Å². The molecule has 0 bridgehead atoms. The molecule has 0 aliphatic carbocycles. The monoisotopic (exact) mass is 266 g/mol. The van der Waals surface area contributed by atoms with E-state index < -0.39 is 0 Å². The van der Waals surface area contributed by atoms with Crippen LogP contribution in [0.1, 0.15) is 0 Å². The molecule has 0 spiro atoms. The molecule has 10 heavy (non-hydrogen) atoms. The number of ether oxygens (including phenoxy) is 1. The summed E-state index contributed by atoms with van der Waals surface area (Å²) in [7, 11) is 0. The van der Waals surface area contributed by atoms with Crippen LogP contribution in [0, 0.1) is 0 Å². The topological polar surface area (TPSA) is 26.3 Å². The lowest BCUT2D eigenvalue weighted by atomic mass is 10.3. The number of halogens is 2. The first-order valence-electron chi connectivity index (χ1n) is 2.53. The molecule has 2 nitrogen and oxygen atoms in total. The second-order valence-corrected chi connectivity index (χ2v) is 3.73. The van der Waals surface area contributed by atoms with E-state index in [9.17, 15) is 4.79 Å². The van der Waals surface area contributed by atoms with E-state index >= 15 is 0 Å². The summed E-state index contributed by atoms with van der Waals surface area (Å²) in [5.41, 5.74) is 0. The normalized spacial score (nSPS) is 24.0. The van der Waals surface area contributed by atoms with E-state index in [0.717, 1.165) is 0 Å². The van der Waals surface area contributed by atoms with E-state index in [1.807, 2.05) is 0 Å². The van der Waals surface area contributed by atoms with Crippen LogP contribution in [0.4, 0.5) is 0 Å². The first kappa shape index (κ1) is 8.01. The van der Waals surface area contributed by atoms with Gasteiger partial charge in [-0.25, -0.2) is 4.79 Å². The molecule has 0 aromatic carbocycles. The fourth-order valence-electron chi connectivity index (χ4n) is 0.608. The summed E-state index contributed by atoms with van der Waals surface area (Å²) >= 11 is 6.30. The van der Waals surface area contributed by atoms with Crippen LogP contribution in [0.2, 0.25) is 0 Å². The summed E-state index contributed by atoms with van der Waals surface area (Å²) in [4.78, 5) is 10.6. The van der Waals surface area contributed by atoms with Gasteiger partial charge in [-0.05, 0) is 0 Å². The van der Waals surface area contributed by atoms with Gasteiger partial charge in [0.1, 0.15) is 0 Å². The Morgan fingerprint density at radius 2 is 2.40 bits per heavy atom. The molecule has 1 aliphatic heterocycles. The molecule has 0 N–H and O–H groups in total. The highest BCUT2D eigenvalue weighted by Crippen LogP contribution is 2.28. The average molecular weight is 268 g/mol. The molecule has 0 amide bonds. The maximum Gasteiger partial charge on any atom is 0.332 e. The first-order chi connectivity index (χ1) is 4.61. The molecule has 54 valence electrons. The Bertz CT molecular complexity index is 220. The van der Waals surface area contributed by atoms with Crippen LogP contribution in [-0.4, -0.2) is 12.1 Å². The summed E-state index contributed by atoms with van der Waals surface area (Å²) in [5, 5.41) is 0. The van der Waals surface area contributed by atoms with Crippen LogP contribution in [0.5, 0.6) is 0 Å². The SMILES string of the molecule is C=C(Br)C1OC(=O)C=C1Br. The molecule has 1 rings (SSSR count). The van der Waals surface area contributed by atoms with Crippen LogP contribution >= 0.6 is 31.9 Å². The van der Waals surface area contributed by atoms with Crippen LogP contribution in [0.3, 0.4) is 0 Å². The Morgan fingerprint density at radius 3 is 2.60 bits per heavy atom. The third-order valence-electron chi connectivity index (χ3n) is 1.02. The molecule has 0 saturated heterocycles. The smallest absolute Gasteiger partial charge is 0.332 e. The number of carbonyl (C=O) groups is 1. The zero-order valence-corrected chi connectivity index (χ0v) is 8.11. The number of hydrogen-bond donors (Lipinski definition) is 0. The van der Waals surface area contributed by atoms with Gasteiger partial charge in [0, 0.05) is 15.0 Å². The van der Waals surface area contributed by atoms with Crippen molar-refractivity contribution in [2.75, 3.05) is 0 Å². The summed E-state index contributed by atoms with van der Waals surface area (Å²) in [6, 6.07) is 0. The van der Waals surface area contributed by atoms with Crippen molar-refractivity contribution in [3.05, 3.63) is 21.6 Å². The maximum atomic E-state index is 10.6. The number of cyclic esters (lactones) is 1. The largest absolute Gasteiger partial charge is 0.448 e. The number of rotatable bonds is 1. The van der Waals surface area contributed by atoms with Crippen LogP contribution in [0.25, 0.3) is 0 Å². The lowest BCUT2D eigenvalue weighted by Crippen LogP contribution is -2.08. The second-order valence-electron chi connectivity index (χ2n) is 1.79. The van der Waals surface area contributed by atoms with Gasteiger partial charge in [0.15, 0.2) is 6.10 Å². The maximum absolute atomic E-state index is 10.6. The van der Waals surface area contributed by atoms with Crippen molar-refractivity contribution in [3.63, 3.8) is 0 Å². The van der Waals surface area contributed by atoms with Gasteiger partial charge in [0.05, 0.1) is 0 Å².